The summed E-state index contributed by atoms with van der Waals surface area (Å²) in [7, 11) is 0. The van der Waals surface area contributed by atoms with E-state index in [1.807, 2.05) is 0 Å². The molecule has 0 fully saturated rings. The van der Waals surface area contributed by atoms with Crippen LogP contribution in [-0.4, -0.2) is 20.8 Å². The van der Waals surface area contributed by atoms with E-state index < -0.39 is 17.0 Å². The molecular weight excluding hydrogens is 262 g/mol. The second kappa shape index (κ2) is 5.98. The summed E-state index contributed by atoms with van der Waals surface area (Å²) in [4.78, 5) is 34.3. The summed E-state index contributed by atoms with van der Waals surface area (Å²) < 4.78 is 0.924. The molecule has 3 N–H and O–H groups in total. The molecule has 0 saturated heterocycles. The lowest BCUT2D eigenvalue weighted by Gasteiger charge is -2.07. The van der Waals surface area contributed by atoms with Crippen molar-refractivity contribution in [1.82, 2.24) is 9.78 Å². The number of carbonyl (C=O) groups excluding carboxylic acids is 1. The first kappa shape index (κ1) is 13.8. The topological polar surface area (TPSA) is 104 Å². The van der Waals surface area contributed by atoms with Crippen molar-refractivity contribution in [1.29, 1.82) is 0 Å². The van der Waals surface area contributed by atoms with E-state index in [0.717, 1.165) is 16.8 Å². The molecule has 0 bridgehead atoms. The summed E-state index contributed by atoms with van der Waals surface area (Å²) in [6.07, 6.45) is 0. The van der Waals surface area contributed by atoms with Crippen molar-refractivity contribution < 1.29 is 9.90 Å². The van der Waals surface area contributed by atoms with E-state index in [1.165, 1.54) is 0 Å². The number of hydrogen-bond acceptors (Lipinski definition) is 4. The second-order valence-electron chi connectivity index (χ2n) is 4.14. The lowest BCUT2D eigenvalue weighted by atomic mass is 10.2. The van der Waals surface area contributed by atoms with Crippen molar-refractivity contribution in [3.63, 3.8) is 0 Å². The molecular formula is C13H13N3O4. The number of aliphatic hydroxyl groups is 1. The zero-order valence-electron chi connectivity index (χ0n) is 10.5. The van der Waals surface area contributed by atoms with Gasteiger partial charge in [-0.1, -0.05) is 12.1 Å². The number of aromatic nitrogens is 2. The van der Waals surface area contributed by atoms with Crippen LogP contribution < -0.4 is 16.4 Å². The van der Waals surface area contributed by atoms with Crippen LogP contribution in [0.5, 0.6) is 0 Å². The predicted molar refractivity (Wildman–Crippen MR) is 72.3 cm³/mol. The molecule has 0 radical (unpaired) electrons. The lowest BCUT2D eigenvalue weighted by molar-refractivity contribution is -0.117. The monoisotopic (exact) mass is 275 g/mol. The van der Waals surface area contributed by atoms with Gasteiger partial charge in [-0.3, -0.25) is 19.5 Å². The van der Waals surface area contributed by atoms with Crippen molar-refractivity contribution in [3.8, 4) is 0 Å². The molecule has 1 heterocycles. The van der Waals surface area contributed by atoms with Crippen molar-refractivity contribution in [2.24, 2.45) is 0 Å². The second-order valence-corrected chi connectivity index (χ2v) is 4.14. The highest BCUT2D eigenvalue weighted by Gasteiger charge is 2.06. The molecule has 1 amide bonds. The van der Waals surface area contributed by atoms with Crippen molar-refractivity contribution >= 4 is 11.6 Å². The summed E-state index contributed by atoms with van der Waals surface area (Å²) >= 11 is 0. The fourth-order valence-corrected chi connectivity index (χ4v) is 1.67. The number of nitrogens with zero attached hydrogens (tertiary/aromatic N) is 1. The van der Waals surface area contributed by atoms with Gasteiger partial charge in [0.05, 0.1) is 6.61 Å². The van der Waals surface area contributed by atoms with Crippen molar-refractivity contribution in [2.45, 2.75) is 13.2 Å². The van der Waals surface area contributed by atoms with Gasteiger partial charge in [0.15, 0.2) is 0 Å². The van der Waals surface area contributed by atoms with E-state index in [4.69, 9.17) is 5.11 Å². The third-order valence-corrected chi connectivity index (χ3v) is 2.58. The number of nitrogens with one attached hydrogen (secondary N) is 2. The highest BCUT2D eigenvalue weighted by Crippen LogP contribution is 2.10. The van der Waals surface area contributed by atoms with Crippen LogP contribution in [0, 0.1) is 0 Å². The number of H-pyrrole nitrogens is 1. The maximum Gasteiger partial charge on any atom is 0.265 e. The van der Waals surface area contributed by atoms with Gasteiger partial charge in [0, 0.05) is 17.8 Å². The first-order chi connectivity index (χ1) is 9.58. The van der Waals surface area contributed by atoms with Gasteiger partial charge in [0.1, 0.15) is 6.54 Å². The van der Waals surface area contributed by atoms with Gasteiger partial charge in [0.25, 0.3) is 11.1 Å². The number of benzene rings is 1. The van der Waals surface area contributed by atoms with Gasteiger partial charge in [0.2, 0.25) is 5.91 Å². The molecule has 1 aromatic heterocycles. The minimum absolute atomic E-state index is 0.130. The average molecular weight is 275 g/mol. The molecule has 7 heteroatoms. The average Bonchev–Trinajstić information content (AvgIpc) is 2.43. The number of hydrogen-bond donors (Lipinski definition) is 3. The summed E-state index contributed by atoms with van der Waals surface area (Å²) in [5, 5.41) is 13.8. The number of amides is 1. The normalized spacial score (nSPS) is 10.2. The van der Waals surface area contributed by atoms with E-state index >= 15 is 0 Å². The molecule has 1 aromatic carbocycles. The van der Waals surface area contributed by atoms with E-state index in [0.29, 0.717) is 11.3 Å². The van der Waals surface area contributed by atoms with Crippen LogP contribution in [0.15, 0.2) is 46.0 Å². The van der Waals surface area contributed by atoms with E-state index in [9.17, 15) is 14.4 Å². The lowest BCUT2D eigenvalue weighted by Crippen LogP contribution is -2.32. The largest absolute Gasteiger partial charge is 0.392 e. The first-order valence-electron chi connectivity index (χ1n) is 5.88. The Labute approximate surface area is 113 Å². The predicted octanol–water partition coefficient (Wildman–Crippen LogP) is -0.332. The molecule has 0 unspecified atom stereocenters. The van der Waals surface area contributed by atoms with Gasteiger partial charge in [-0.25, -0.2) is 4.68 Å². The van der Waals surface area contributed by atoms with Gasteiger partial charge in [-0.15, -0.1) is 0 Å². The van der Waals surface area contributed by atoms with Gasteiger partial charge in [-0.05, 0) is 17.7 Å². The number of rotatable bonds is 4. The third kappa shape index (κ3) is 3.42. The minimum atomic E-state index is -0.469. The molecule has 0 aliphatic heterocycles. The van der Waals surface area contributed by atoms with Gasteiger partial charge < -0.3 is 10.4 Å². The fourth-order valence-electron chi connectivity index (χ4n) is 1.67. The standard InChI is InChI=1S/C13H13N3O4/c17-8-9-2-1-3-10(6-9)14-12(19)7-16-13(20)5-4-11(18)15-16/h1-6,17H,7-8H2,(H,14,19)(H,15,18). The Morgan fingerprint density at radius 2 is 2.05 bits per heavy atom. The number of aromatic amines is 1. The van der Waals surface area contributed by atoms with E-state index in [2.05, 4.69) is 10.4 Å². The van der Waals surface area contributed by atoms with Crippen LogP contribution in [0.4, 0.5) is 5.69 Å². The molecule has 104 valence electrons. The fraction of sp³-hybridized carbons (Fsp3) is 0.154. The third-order valence-electron chi connectivity index (χ3n) is 2.58. The van der Waals surface area contributed by atoms with Crippen LogP contribution in [0.1, 0.15) is 5.56 Å². The van der Waals surface area contributed by atoms with Gasteiger partial charge in [-0.2, -0.15) is 0 Å². The van der Waals surface area contributed by atoms with E-state index in [1.54, 1.807) is 24.3 Å². The molecule has 0 aliphatic carbocycles. The summed E-state index contributed by atoms with van der Waals surface area (Å²) in [5.41, 5.74) is 0.240. The van der Waals surface area contributed by atoms with Crippen molar-refractivity contribution in [2.75, 3.05) is 5.32 Å². The van der Waals surface area contributed by atoms with Crippen molar-refractivity contribution in [3.05, 3.63) is 62.7 Å². The summed E-state index contributed by atoms with van der Waals surface area (Å²) in [6.45, 7) is -0.423. The van der Waals surface area contributed by atoms with Gasteiger partial charge >= 0.3 is 0 Å². The van der Waals surface area contributed by atoms with Crippen LogP contribution in [0.2, 0.25) is 0 Å². The molecule has 0 saturated carbocycles. The van der Waals surface area contributed by atoms with Crippen LogP contribution in [0.25, 0.3) is 0 Å². The number of anilines is 1. The maximum atomic E-state index is 11.8. The minimum Gasteiger partial charge on any atom is -0.392 e. The summed E-state index contributed by atoms with van der Waals surface area (Å²) in [5.74, 6) is -0.455. The quantitative estimate of drug-likeness (QED) is 0.710. The molecule has 20 heavy (non-hydrogen) atoms. The first-order valence-corrected chi connectivity index (χ1v) is 5.88. The molecule has 2 aromatic rings. The van der Waals surface area contributed by atoms with Crippen LogP contribution >= 0.6 is 0 Å². The Bertz CT molecular complexity index is 733. The smallest absolute Gasteiger partial charge is 0.265 e. The zero-order valence-corrected chi connectivity index (χ0v) is 10.5. The molecule has 2 rings (SSSR count). The molecule has 0 aliphatic rings. The Balaban J connectivity index is 2.10. The van der Waals surface area contributed by atoms with Crippen LogP contribution in [-0.2, 0) is 17.9 Å². The Morgan fingerprint density at radius 1 is 1.25 bits per heavy atom. The Morgan fingerprint density at radius 3 is 2.80 bits per heavy atom. The summed E-state index contributed by atoms with van der Waals surface area (Å²) in [6, 6.07) is 8.88. The molecule has 0 spiro atoms. The highest BCUT2D eigenvalue weighted by molar-refractivity contribution is 5.90. The number of aliphatic hydroxyl groups excluding tert-OH is 1. The highest BCUT2D eigenvalue weighted by atomic mass is 16.3. The Kier molecular flexibility index (Phi) is 4.11. The zero-order chi connectivity index (χ0) is 14.5. The maximum absolute atomic E-state index is 11.8. The van der Waals surface area contributed by atoms with Crippen LogP contribution in [0.3, 0.4) is 0 Å². The Hall–Kier alpha value is -2.67. The SMILES string of the molecule is O=C(Cn1[nH]c(=O)ccc1=O)Nc1cccc(CO)c1. The number of carbonyl (C=O) groups is 1. The van der Waals surface area contributed by atoms with E-state index in [-0.39, 0.29) is 13.2 Å². The molecule has 0 atom stereocenters. The molecule has 7 nitrogen and oxygen atoms in total.